The van der Waals surface area contributed by atoms with Gasteiger partial charge >= 0.3 is 0 Å². The van der Waals surface area contributed by atoms with Crippen molar-refractivity contribution in [3.8, 4) is 5.75 Å². The lowest BCUT2D eigenvalue weighted by molar-refractivity contribution is -0.131. The Morgan fingerprint density at radius 3 is 2.31 bits per heavy atom. The normalized spacial score (nSPS) is 14.0. The van der Waals surface area contributed by atoms with E-state index in [2.05, 4.69) is 0 Å². The molecule has 2 aromatic rings. The summed E-state index contributed by atoms with van der Waals surface area (Å²) < 4.78 is 19.4. The SMILES string of the molecule is CCCOc1ccc(C(=O)CCC(=O)N2CCN(c3ccccc3F)CC2)cc1. The third-order valence-electron chi connectivity index (χ3n) is 5.04. The van der Waals surface area contributed by atoms with Crippen LogP contribution in [0.25, 0.3) is 0 Å². The van der Waals surface area contributed by atoms with E-state index in [9.17, 15) is 14.0 Å². The summed E-state index contributed by atoms with van der Waals surface area (Å²) in [6.45, 7) is 4.91. The molecule has 0 aliphatic carbocycles. The average Bonchev–Trinajstić information content (AvgIpc) is 2.76. The van der Waals surface area contributed by atoms with Crippen molar-refractivity contribution in [3.05, 3.63) is 59.9 Å². The molecule has 0 saturated carbocycles. The van der Waals surface area contributed by atoms with Gasteiger partial charge in [0.2, 0.25) is 5.91 Å². The number of carbonyl (C=O) groups is 2. The Bertz CT molecular complexity index is 830. The Morgan fingerprint density at radius 1 is 0.966 bits per heavy atom. The first-order valence-electron chi connectivity index (χ1n) is 10.1. The number of anilines is 1. The molecule has 1 aliphatic heterocycles. The van der Waals surface area contributed by atoms with Crippen LogP contribution in [-0.4, -0.2) is 49.4 Å². The van der Waals surface area contributed by atoms with Gasteiger partial charge in [0.15, 0.2) is 5.78 Å². The smallest absolute Gasteiger partial charge is 0.223 e. The highest BCUT2D eigenvalue weighted by Crippen LogP contribution is 2.20. The molecule has 154 valence electrons. The number of ketones is 1. The van der Waals surface area contributed by atoms with Crippen molar-refractivity contribution in [1.29, 1.82) is 0 Å². The average molecular weight is 398 g/mol. The van der Waals surface area contributed by atoms with E-state index in [1.54, 1.807) is 41.3 Å². The summed E-state index contributed by atoms with van der Waals surface area (Å²) in [5.41, 5.74) is 1.16. The van der Waals surface area contributed by atoms with Gasteiger partial charge in [-0.2, -0.15) is 0 Å². The molecule has 1 saturated heterocycles. The second-order valence-electron chi connectivity index (χ2n) is 7.12. The van der Waals surface area contributed by atoms with Gasteiger partial charge in [0.05, 0.1) is 12.3 Å². The molecule has 0 N–H and O–H groups in total. The number of ether oxygens (including phenoxy) is 1. The number of rotatable bonds is 8. The number of benzene rings is 2. The maximum absolute atomic E-state index is 13.9. The molecular formula is C23H27FN2O3. The Balaban J connectivity index is 1.45. The molecule has 3 rings (SSSR count). The summed E-state index contributed by atoms with van der Waals surface area (Å²) in [4.78, 5) is 28.6. The van der Waals surface area contributed by atoms with Crippen LogP contribution in [0.2, 0.25) is 0 Å². The Hall–Kier alpha value is -2.89. The van der Waals surface area contributed by atoms with Crippen molar-refractivity contribution in [2.45, 2.75) is 26.2 Å². The van der Waals surface area contributed by atoms with Gasteiger partial charge in [-0.25, -0.2) is 4.39 Å². The zero-order valence-electron chi connectivity index (χ0n) is 16.8. The van der Waals surface area contributed by atoms with E-state index in [1.165, 1.54) is 6.07 Å². The number of piperazine rings is 1. The van der Waals surface area contributed by atoms with Gasteiger partial charge in [-0.1, -0.05) is 19.1 Å². The van der Waals surface area contributed by atoms with Gasteiger partial charge in [0.1, 0.15) is 11.6 Å². The molecule has 2 aromatic carbocycles. The zero-order chi connectivity index (χ0) is 20.6. The molecule has 0 bridgehead atoms. The fourth-order valence-corrected chi connectivity index (χ4v) is 3.38. The molecule has 0 radical (unpaired) electrons. The molecule has 1 heterocycles. The van der Waals surface area contributed by atoms with E-state index in [4.69, 9.17) is 4.74 Å². The molecular weight excluding hydrogens is 371 g/mol. The molecule has 0 spiro atoms. The van der Waals surface area contributed by atoms with Gasteiger partial charge in [-0.15, -0.1) is 0 Å². The third kappa shape index (κ3) is 5.56. The molecule has 0 aromatic heterocycles. The van der Waals surface area contributed by atoms with Crippen LogP contribution in [0.3, 0.4) is 0 Å². The molecule has 1 aliphatic rings. The standard InChI is InChI=1S/C23H27FN2O3/c1-2-17-29-19-9-7-18(8-10-19)22(27)11-12-23(28)26-15-13-25(14-16-26)21-6-4-3-5-20(21)24/h3-10H,2,11-17H2,1H3. The highest BCUT2D eigenvalue weighted by molar-refractivity contribution is 5.98. The second-order valence-corrected chi connectivity index (χ2v) is 7.12. The van der Waals surface area contributed by atoms with Crippen LogP contribution in [0.5, 0.6) is 5.75 Å². The molecule has 5 nitrogen and oxygen atoms in total. The van der Waals surface area contributed by atoms with Crippen molar-refractivity contribution >= 4 is 17.4 Å². The van der Waals surface area contributed by atoms with Crippen LogP contribution in [0.1, 0.15) is 36.5 Å². The van der Waals surface area contributed by atoms with Gasteiger partial charge < -0.3 is 14.5 Å². The van der Waals surface area contributed by atoms with E-state index < -0.39 is 0 Å². The molecule has 0 atom stereocenters. The van der Waals surface area contributed by atoms with E-state index in [0.29, 0.717) is 44.0 Å². The zero-order valence-corrected chi connectivity index (χ0v) is 16.8. The first kappa shape index (κ1) is 20.8. The van der Waals surface area contributed by atoms with Gasteiger partial charge in [-0.05, 0) is 42.8 Å². The first-order chi connectivity index (χ1) is 14.1. The predicted molar refractivity (Wildman–Crippen MR) is 111 cm³/mol. The van der Waals surface area contributed by atoms with Crippen LogP contribution >= 0.6 is 0 Å². The number of hydrogen-bond donors (Lipinski definition) is 0. The highest BCUT2D eigenvalue weighted by atomic mass is 19.1. The summed E-state index contributed by atoms with van der Waals surface area (Å²) in [6, 6.07) is 13.7. The summed E-state index contributed by atoms with van der Waals surface area (Å²) in [5.74, 6) is 0.413. The molecule has 6 heteroatoms. The van der Waals surface area contributed by atoms with Gasteiger partial charge in [0, 0.05) is 44.6 Å². The third-order valence-corrected chi connectivity index (χ3v) is 5.04. The summed E-state index contributed by atoms with van der Waals surface area (Å²) >= 11 is 0. The van der Waals surface area contributed by atoms with Crippen molar-refractivity contribution in [1.82, 2.24) is 4.90 Å². The number of hydrogen-bond acceptors (Lipinski definition) is 4. The van der Waals surface area contributed by atoms with Crippen molar-refractivity contribution in [2.24, 2.45) is 0 Å². The van der Waals surface area contributed by atoms with E-state index in [1.807, 2.05) is 17.9 Å². The minimum Gasteiger partial charge on any atom is -0.494 e. The topological polar surface area (TPSA) is 49.9 Å². The molecule has 29 heavy (non-hydrogen) atoms. The minimum atomic E-state index is -0.246. The van der Waals surface area contributed by atoms with E-state index in [0.717, 1.165) is 12.2 Å². The van der Waals surface area contributed by atoms with Crippen molar-refractivity contribution < 1.29 is 18.7 Å². The lowest BCUT2D eigenvalue weighted by Gasteiger charge is -2.36. The minimum absolute atomic E-state index is 0.0329. The lowest BCUT2D eigenvalue weighted by Crippen LogP contribution is -2.49. The summed E-state index contributed by atoms with van der Waals surface area (Å²) in [5, 5.41) is 0. The summed E-state index contributed by atoms with van der Waals surface area (Å²) in [7, 11) is 0. The first-order valence-corrected chi connectivity index (χ1v) is 10.1. The number of carbonyl (C=O) groups excluding carboxylic acids is 2. The quantitative estimate of drug-likeness (QED) is 0.633. The second kappa shape index (κ2) is 10.0. The van der Waals surface area contributed by atoms with E-state index in [-0.39, 0.29) is 30.3 Å². The van der Waals surface area contributed by atoms with Crippen LogP contribution in [0, 0.1) is 5.82 Å². The fraction of sp³-hybridized carbons (Fsp3) is 0.391. The summed E-state index contributed by atoms with van der Waals surface area (Å²) in [6.07, 6.45) is 1.30. The number of halogens is 1. The van der Waals surface area contributed by atoms with Crippen molar-refractivity contribution in [2.75, 3.05) is 37.7 Å². The van der Waals surface area contributed by atoms with Gasteiger partial charge in [0.25, 0.3) is 0 Å². The van der Waals surface area contributed by atoms with E-state index >= 15 is 0 Å². The van der Waals surface area contributed by atoms with Crippen LogP contribution in [-0.2, 0) is 4.79 Å². The Labute approximate surface area is 171 Å². The number of para-hydroxylation sites is 1. The number of amides is 1. The maximum Gasteiger partial charge on any atom is 0.223 e. The number of nitrogens with zero attached hydrogens (tertiary/aromatic N) is 2. The van der Waals surface area contributed by atoms with Crippen LogP contribution in [0.15, 0.2) is 48.5 Å². The number of Topliss-reactive ketones (excluding diaryl/α,β-unsaturated/α-hetero) is 1. The maximum atomic E-state index is 13.9. The van der Waals surface area contributed by atoms with Crippen LogP contribution < -0.4 is 9.64 Å². The largest absolute Gasteiger partial charge is 0.494 e. The van der Waals surface area contributed by atoms with Gasteiger partial charge in [-0.3, -0.25) is 9.59 Å². The van der Waals surface area contributed by atoms with Crippen LogP contribution in [0.4, 0.5) is 10.1 Å². The monoisotopic (exact) mass is 398 g/mol. The lowest BCUT2D eigenvalue weighted by atomic mass is 10.1. The Morgan fingerprint density at radius 2 is 1.66 bits per heavy atom. The highest BCUT2D eigenvalue weighted by Gasteiger charge is 2.23. The molecule has 1 amide bonds. The molecule has 1 fully saturated rings. The Kier molecular flexibility index (Phi) is 7.22. The molecule has 0 unspecified atom stereocenters. The van der Waals surface area contributed by atoms with Crippen molar-refractivity contribution in [3.63, 3.8) is 0 Å². The fourth-order valence-electron chi connectivity index (χ4n) is 3.38. The predicted octanol–water partition coefficient (Wildman–Crippen LogP) is 3.93.